The van der Waals surface area contributed by atoms with E-state index in [4.69, 9.17) is 16.3 Å². The summed E-state index contributed by atoms with van der Waals surface area (Å²) in [6.07, 6.45) is 2.35. The Hall–Kier alpha value is -2.77. The number of carbonyl (C=O) groups is 1. The fourth-order valence-electron chi connectivity index (χ4n) is 3.69. The Bertz CT molecular complexity index is 1230. The highest BCUT2D eigenvalue weighted by Crippen LogP contribution is 2.42. The highest BCUT2D eigenvalue weighted by Gasteiger charge is 2.23. The first-order chi connectivity index (χ1) is 15.3. The number of hydrogen-bond donors (Lipinski definition) is 1. The predicted molar refractivity (Wildman–Crippen MR) is 121 cm³/mol. The second-order valence-corrected chi connectivity index (χ2v) is 8.54. The molecule has 4 nitrogen and oxygen atoms in total. The number of carbonyl (C=O) groups excluding carboxylic acids is 1. The molecule has 0 saturated heterocycles. The van der Waals surface area contributed by atoms with E-state index in [0.29, 0.717) is 16.3 Å². The van der Waals surface area contributed by atoms with E-state index in [1.807, 2.05) is 0 Å². The molecule has 1 aliphatic rings. The number of esters is 1. The number of nitrogens with zero attached hydrogens (tertiary/aromatic N) is 1. The minimum atomic E-state index is -1.11. The average molecular weight is 521 g/mol. The Labute approximate surface area is 196 Å². The molecule has 0 radical (unpaired) electrons. The molecule has 0 bridgehead atoms. The number of benzene rings is 2. The number of ether oxygens (including phenoxy) is 1. The molecule has 1 aromatic heterocycles. The molecular weight excluding hydrogens is 504 g/mol. The quantitative estimate of drug-likeness (QED) is 0.289. The van der Waals surface area contributed by atoms with E-state index >= 15 is 0 Å². The summed E-state index contributed by atoms with van der Waals surface area (Å²) >= 11 is 9.23. The molecule has 8 heteroatoms. The summed E-state index contributed by atoms with van der Waals surface area (Å²) in [5, 5.41) is 9.71. The van der Waals surface area contributed by atoms with Crippen LogP contribution in [-0.4, -0.2) is 16.1 Å². The normalized spacial score (nSPS) is 14.5. The van der Waals surface area contributed by atoms with Crippen LogP contribution in [0.5, 0.6) is 5.75 Å². The van der Waals surface area contributed by atoms with Crippen LogP contribution in [0.15, 0.2) is 54.6 Å². The number of aromatic hydroxyl groups is 1. The molecule has 2 aromatic carbocycles. The van der Waals surface area contributed by atoms with Crippen molar-refractivity contribution in [3.8, 4) is 5.75 Å². The largest absolute Gasteiger partial charge is 0.507 e. The molecule has 1 N–H and O–H groups in total. The lowest BCUT2D eigenvalue weighted by Gasteiger charge is -2.14. The van der Waals surface area contributed by atoms with Gasteiger partial charge in [-0.3, -0.25) is 0 Å². The number of aromatic nitrogens is 1. The molecule has 32 heavy (non-hydrogen) atoms. The number of pyridine rings is 1. The molecule has 1 heterocycles. The Morgan fingerprint density at radius 2 is 1.88 bits per heavy atom. The lowest BCUT2D eigenvalue weighted by atomic mass is 9.99. The van der Waals surface area contributed by atoms with Crippen molar-refractivity contribution in [2.45, 2.75) is 24.3 Å². The second-order valence-electron chi connectivity index (χ2n) is 7.27. The topological polar surface area (TPSA) is 59.4 Å². The summed E-state index contributed by atoms with van der Waals surface area (Å²) in [5.74, 6) is -2.19. The molecule has 1 atom stereocenters. The van der Waals surface area contributed by atoms with Crippen molar-refractivity contribution >= 4 is 44.6 Å². The molecule has 1 aliphatic carbocycles. The minimum Gasteiger partial charge on any atom is -0.507 e. The maximum Gasteiger partial charge on any atom is 0.358 e. The molecule has 0 saturated carbocycles. The SMILES string of the molecule is O=C(OC(Br)c1ccc(F)cc1F)c1cccc(C2=C(c3cc(Cl)ccc3O)CCC2)n1. The lowest BCUT2D eigenvalue weighted by Crippen LogP contribution is -2.11. The Balaban J connectivity index is 1.61. The zero-order valence-corrected chi connectivity index (χ0v) is 19.0. The van der Waals surface area contributed by atoms with Gasteiger partial charge >= 0.3 is 5.97 Å². The van der Waals surface area contributed by atoms with Crippen molar-refractivity contribution in [2.24, 2.45) is 0 Å². The summed E-state index contributed by atoms with van der Waals surface area (Å²) < 4.78 is 32.4. The van der Waals surface area contributed by atoms with Crippen molar-refractivity contribution in [2.75, 3.05) is 0 Å². The number of alkyl halides is 1. The van der Waals surface area contributed by atoms with Crippen LogP contribution in [0.25, 0.3) is 11.1 Å². The van der Waals surface area contributed by atoms with Gasteiger partial charge < -0.3 is 9.84 Å². The third-order valence-electron chi connectivity index (χ3n) is 5.19. The molecule has 4 rings (SSSR count). The molecule has 0 amide bonds. The van der Waals surface area contributed by atoms with Gasteiger partial charge in [-0.15, -0.1) is 0 Å². The number of halogens is 4. The summed E-state index contributed by atoms with van der Waals surface area (Å²) in [7, 11) is 0. The van der Waals surface area contributed by atoms with Crippen LogP contribution >= 0.6 is 27.5 Å². The van der Waals surface area contributed by atoms with Gasteiger partial charge in [0, 0.05) is 22.2 Å². The van der Waals surface area contributed by atoms with Gasteiger partial charge in [-0.1, -0.05) is 17.7 Å². The van der Waals surface area contributed by atoms with Crippen molar-refractivity contribution in [3.63, 3.8) is 0 Å². The Kier molecular flexibility index (Phi) is 6.58. The van der Waals surface area contributed by atoms with Gasteiger partial charge in [-0.2, -0.15) is 0 Å². The lowest BCUT2D eigenvalue weighted by molar-refractivity contribution is 0.0456. The van der Waals surface area contributed by atoms with Crippen LogP contribution in [0.4, 0.5) is 8.78 Å². The van der Waals surface area contributed by atoms with E-state index in [-0.39, 0.29) is 17.0 Å². The van der Waals surface area contributed by atoms with Gasteiger partial charge in [0.05, 0.1) is 5.69 Å². The number of phenolic OH excluding ortho intramolecular Hbond substituents is 1. The molecule has 0 aliphatic heterocycles. The predicted octanol–water partition coefficient (Wildman–Crippen LogP) is 7.06. The van der Waals surface area contributed by atoms with E-state index in [9.17, 15) is 18.7 Å². The first-order valence-electron chi connectivity index (χ1n) is 9.82. The van der Waals surface area contributed by atoms with Crippen LogP contribution in [0.1, 0.15) is 51.6 Å². The molecule has 0 spiro atoms. The number of phenols is 1. The van der Waals surface area contributed by atoms with Crippen LogP contribution in [0, 0.1) is 11.6 Å². The first kappa shape index (κ1) is 22.4. The summed E-state index contributed by atoms with van der Waals surface area (Å²) in [4.78, 5) is 17.1. The maximum atomic E-state index is 14.0. The van der Waals surface area contributed by atoms with Crippen molar-refractivity contribution in [3.05, 3.63) is 93.8 Å². The third kappa shape index (κ3) is 4.69. The highest BCUT2D eigenvalue weighted by molar-refractivity contribution is 9.09. The van der Waals surface area contributed by atoms with Gasteiger partial charge in [0.25, 0.3) is 0 Å². The van der Waals surface area contributed by atoms with Crippen LogP contribution in [-0.2, 0) is 4.74 Å². The van der Waals surface area contributed by atoms with Gasteiger partial charge in [-0.05, 0) is 88.8 Å². The fraction of sp³-hybridized carbons (Fsp3) is 0.167. The van der Waals surface area contributed by atoms with Crippen molar-refractivity contribution in [1.82, 2.24) is 4.98 Å². The fourth-order valence-corrected chi connectivity index (χ4v) is 4.41. The zero-order chi connectivity index (χ0) is 22.8. The molecule has 0 fully saturated rings. The van der Waals surface area contributed by atoms with Crippen LogP contribution in [0.2, 0.25) is 5.02 Å². The molecule has 164 valence electrons. The standard InChI is InChI=1S/C24H17BrClF2NO3/c25-23(17-9-8-14(27)12-19(17)28)32-24(31)21-6-2-5-20(29-21)16-4-1-3-15(16)18-11-13(26)7-10-22(18)30/h2,5-12,23,30H,1,3-4H2. The third-order valence-corrected chi connectivity index (χ3v) is 6.10. The van der Waals surface area contributed by atoms with E-state index in [1.165, 1.54) is 12.1 Å². The number of allylic oxidation sites excluding steroid dienone is 2. The molecule has 1 unspecified atom stereocenters. The van der Waals surface area contributed by atoms with E-state index in [0.717, 1.165) is 42.5 Å². The molecule has 3 aromatic rings. The van der Waals surface area contributed by atoms with Gasteiger partial charge in [0.1, 0.15) is 23.1 Å². The van der Waals surface area contributed by atoms with Crippen molar-refractivity contribution < 1.29 is 23.4 Å². The van der Waals surface area contributed by atoms with Gasteiger partial charge in [0.2, 0.25) is 0 Å². The number of rotatable bonds is 5. The van der Waals surface area contributed by atoms with E-state index < -0.39 is 22.6 Å². The first-order valence-corrected chi connectivity index (χ1v) is 11.1. The average Bonchev–Trinajstić information content (AvgIpc) is 3.25. The zero-order valence-electron chi connectivity index (χ0n) is 16.6. The smallest absolute Gasteiger partial charge is 0.358 e. The van der Waals surface area contributed by atoms with Crippen LogP contribution < -0.4 is 0 Å². The van der Waals surface area contributed by atoms with Gasteiger partial charge in [-0.25, -0.2) is 18.6 Å². The Morgan fingerprint density at radius 1 is 1.09 bits per heavy atom. The Morgan fingerprint density at radius 3 is 2.66 bits per heavy atom. The summed E-state index contributed by atoms with van der Waals surface area (Å²) in [6, 6.07) is 12.8. The molecular formula is C24H17BrClF2NO3. The summed E-state index contributed by atoms with van der Waals surface area (Å²) in [5.41, 5.74) is 3.11. The van der Waals surface area contributed by atoms with Crippen LogP contribution in [0.3, 0.4) is 0 Å². The highest BCUT2D eigenvalue weighted by atomic mass is 79.9. The summed E-state index contributed by atoms with van der Waals surface area (Å²) in [6.45, 7) is 0. The second kappa shape index (κ2) is 9.38. The van der Waals surface area contributed by atoms with E-state index in [1.54, 1.807) is 30.3 Å². The monoisotopic (exact) mass is 519 g/mol. The maximum absolute atomic E-state index is 14.0. The number of hydrogen-bond acceptors (Lipinski definition) is 4. The van der Waals surface area contributed by atoms with Gasteiger partial charge in [0.15, 0.2) is 5.01 Å². The van der Waals surface area contributed by atoms with E-state index in [2.05, 4.69) is 20.9 Å². The van der Waals surface area contributed by atoms with Crippen molar-refractivity contribution in [1.29, 1.82) is 0 Å². The minimum absolute atomic E-state index is 0.00637.